The van der Waals surface area contributed by atoms with Crippen LogP contribution in [0, 0.1) is 0 Å². The highest BCUT2D eigenvalue weighted by molar-refractivity contribution is 7.48. The molecule has 2 aromatic carbocycles. The Bertz CT molecular complexity index is 1230. The Hall–Kier alpha value is -3.09. The Kier molecular flexibility index (Phi) is 12.5. The Morgan fingerprint density at radius 2 is 1.46 bits per heavy atom. The van der Waals surface area contributed by atoms with E-state index in [1.165, 1.54) is 0 Å². The predicted octanol–water partition coefficient (Wildman–Crippen LogP) is 4.21. The molecular weight excluding hydrogens is 584 g/mol. The van der Waals surface area contributed by atoms with Gasteiger partial charge >= 0.3 is 28.0 Å². The van der Waals surface area contributed by atoms with Crippen molar-refractivity contribution in [2.75, 3.05) is 6.61 Å². The van der Waals surface area contributed by atoms with Crippen LogP contribution < -0.4 is 0 Å². The minimum Gasteiger partial charge on any atom is -0.458 e. The number of rotatable bonds is 14. The maximum atomic E-state index is 13.7. The molecule has 0 saturated carbocycles. The van der Waals surface area contributed by atoms with Crippen LogP contribution in [0.2, 0.25) is 0 Å². The van der Waals surface area contributed by atoms with Crippen molar-refractivity contribution >= 4 is 28.0 Å². The van der Waals surface area contributed by atoms with Gasteiger partial charge in [0.25, 0.3) is 0 Å². The van der Waals surface area contributed by atoms with Crippen LogP contribution in [0.5, 0.6) is 0 Å². The lowest BCUT2D eigenvalue weighted by molar-refractivity contribution is -0.250. The maximum Gasteiger partial charge on any atom is 0.475 e. The molecule has 0 spiro atoms. The van der Waals surface area contributed by atoms with E-state index in [4.69, 9.17) is 37.8 Å². The van der Waals surface area contributed by atoms with E-state index in [1.807, 2.05) is 0 Å². The van der Waals surface area contributed by atoms with Crippen molar-refractivity contribution in [3.05, 3.63) is 82.2 Å². The molecule has 41 heavy (non-hydrogen) atoms. The number of phosphoric ester groups is 1. The third kappa shape index (κ3) is 10.4. The van der Waals surface area contributed by atoms with Crippen molar-refractivity contribution in [3.63, 3.8) is 0 Å². The number of carbonyl (C=O) groups is 2. The first-order chi connectivity index (χ1) is 19.6. The molecule has 17 heteroatoms. The summed E-state index contributed by atoms with van der Waals surface area (Å²) < 4.78 is 63.1. The summed E-state index contributed by atoms with van der Waals surface area (Å²) in [7, 11) is -8.03. The van der Waals surface area contributed by atoms with E-state index < -0.39 is 65.3 Å². The second kappa shape index (κ2) is 15.8. The SMILES string of the molecule is CC(=O)O[C@@H]1C(COP(=O)(OCc2ccccc2)OCc2ccccc2)O[C@H](O[PH](=O)O)C(N=[N+]=[N-])[C@H]1OC(C)=O. The summed E-state index contributed by atoms with van der Waals surface area (Å²) in [4.78, 5) is 35.9. The third-order valence-electron chi connectivity index (χ3n) is 5.48. The maximum absolute atomic E-state index is 13.7. The normalized spacial score (nSPS) is 23.1. The number of ether oxygens (including phenoxy) is 3. The molecule has 15 nitrogen and oxygen atoms in total. The van der Waals surface area contributed by atoms with Crippen LogP contribution in [-0.4, -0.2) is 54.1 Å². The molecule has 1 fully saturated rings. The zero-order valence-electron chi connectivity index (χ0n) is 22.0. The standard InChI is InChI=1S/C24H29N3O12P2/c1-16(28)36-22-20(38-24(39-40(30)31)21(26-27-25)23(22)37-17(2)29)15-35-41(32,33-13-18-9-5-3-6-10-18)34-14-19-11-7-4-8-12-19/h3-12,20-24,40H,13-15H2,1-2H3,(H,30,31)/t20?,21?,22-,23-,24-/m1/s1. The minimum absolute atomic E-state index is 0.154. The van der Waals surface area contributed by atoms with Crippen LogP contribution in [0.4, 0.5) is 0 Å². The third-order valence-corrected chi connectivity index (χ3v) is 7.27. The Balaban J connectivity index is 1.88. The first-order valence-corrected chi connectivity index (χ1v) is 14.9. The van der Waals surface area contributed by atoms with Gasteiger partial charge in [-0.15, -0.1) is 0 Å². The van der Waals surface area contributed by atoms with Gasteiger partial charge in [0.15, 0.2) is 18.5 Å². The van der Waals surface area contributed by atoms with E-state index in [9.17, 15) is 23.6 Å². The fraction of sp³-hybridized carbons (Fsp3) is 0.417. The molecule has 1 heterocycles. The Morgan fingerprint density at radius 3 is 1.93 bits per heavy atom. The van der Waals surface area contributed by atoms with Gasteiger partial charge < -0.3 is 19.1 Å². The first kappa shape index (κ1) is 32.4. The molecule has 0 aliphatic carbocycles. The van der Waals surface area contributed by atoms with Crippen LogP contribution >= 0.6 is 16.1 Å². The van der Waals surface area contributed by atoms with Crippen molar-refractivity contribution in [3.8, 4) is 0 Å². The van der Waals surface area contributed by atoms with Gasteiger partial charge in [-0.2, -0.15) is 0 Å². The smallest absolute Gasteiger partial charge is 0.458 e. The summed E-state index contributed by atoms with van der Waals surface area (Å²) in [5.41, 5.74) is 10.4. The topological polar surface area (TPSA) is 202 Å². The fourth-order valence-corrected chi connectivity index (χ4v) is 5.36. The molecule has 3 rings (SSSR count). The summed E-state index contributed by atoms with van der Waals surface area (Å²) in [6, 6.07) is 16.0. The van der Waals surface area contributed by atoms with E-state index in [1.54, 1.807) is 60.7 Å². The van der Waals surface area contributed by atoms with Gasteiger partial charge in [0.1, 0.15) is 12.1 Å². The number of hydrogen-bond acceptors (Lipinski definition) is 12. The highest BCUT2D eigenvalue weighted by Gasteiger charge is 2.51. The molecule has 1 saturated heterocycles. The zero-order valence-corrected chi connectivity index (χ0v) is 23.9. The van der Waals surface area contributed by atoms with Crippen molar-refractivity contribution < 1.29 is 55.9 Å². The van der Waals surface area contributed by atoms with Crippen molar-refractivity contribution in [2.24, 2.45) is 5.11 Å². The van der Waals surface area contributed by atoms with Crippen molar-refractivity contribution in [1.82, 2.24) is 0 Å². The molecule has 0 bridgehead atoms. The Labute approximate surface area is 235 Å². The molecular formula is C24H29N3O12P2. The fourth-order valence-electron chi connectivity index (χ4n) is 3.80. The van der Waals surface area contributed by atoms with Gasteiger partial charge in [-0.3, -0.25) is 32.2 Å². The number of hydrogen-bond donors (Lipinski definition) is 1. The summed E-state index contributed by atoms with van der Waals surface area (Å²) in [5, 5.41) is 3.46. The predicted molar refractivity (Wildman–Crippen MR) is 141 cm³/mol. The van der Waals surface area contributed by atoms with Gasteiger partial charge in [0.2, 0.25) is 0 Å². The second-order valence-electron chi connectivity index (χ2n) is 8.53. The van der Waals surface area contributed by atoms with Gasteiger partial charge in [0, 0.05) is 18.8 Å². The van der Waals surface area contributed by atoms with Crippen molar-refractivity contribution in [1.29, 1.82) is 0 Å². The van der Waals surface area contributed by atoms with Crippen LogP contribution in [0.25, 0.3) is 10.4 Å². The molecule has 1 aliphatic heterocycles. The number of esters is 2. The van der Waals surface area contributed by atoms with Gasteiger partial charge in [-0.25, -0.2) is 4.57 Å². The molecule has 2 aromatic rings. The summed E-state index contributed by atoms with van der Waals surface area (Å²) >= 11 is 0. The summed E-state index contributed by atoms with van der Waals surface area (Å²) in [6.07, 6.45) is -6.17. The van der Waals surface area contributed by atoms with Crippen LogP contribution in [0.15, 0.2) is 65.8 Å². The van der Waals surface area contributed by atoms with E-state index in [-0.39, 0.29) is 13.2 Å². The lowest BCUT2D eigenvalue weighted by Gasteiger charge is -2.43. The first-order valence-electron chi connectivity index (χ1n) is 12.2. The average Bonchev–Trinajstić information content (AvgIpc) is 2.93. The second-order valence-corrected chi connectivity index (χ2v) is 11.0. The molecule has 0 radical (unpaired) electrons. The molecule has 0 aromatic heterocycles. The average molecular weight is 613 g/mol. The van der Waals surface area contributed by atoms with E-state index >= 15 is 0 Å². The monoisotopic (exact) mass is 613 g/mol. The van der Waals surface area contributed by atoms with Crippen LogP contribution in [0.1, 0.15) is 25.0 Å². The number of carbonyl (C=O) groups excluding carboxylic acids is 2. The lowest BCUT2D eigenvalue weighted by Crippen LogP contribution is -2.60. The number of phosphoric acid groups is 1. The minimum atomic E-state index is -4.36. The number of benzene rings is 2. The van der Waals surface area contributed by atoms with Gasteiger partial charge in [-0.05, 0) is 16.7 Å². The lowest BCUT2D eigenvalue weighted by atomic mass is 9.97. The zero-order chi connectivity index (χ0) is 29.8. The van der Waals surface area contributed by atoms with Crippen molar-refractivity contribution in [2.45, 2.75) is 57.7 Å². The quantitative estimate of drug-likeness (QED) is 0.105. The highest BCUT2D eigenvalue weighted by atomic mass is 31.2. The largest absolute Gasteiger partial charge is 0.475 e. The number of nitrogens with zero attached hydrogens (tertiary/aromatic N) is 3. The van der Waals surface area contributed by atoms with Gasteiger partial charge in [-0.1, -0.05) is 65.8 Å². The van der Waals surface area contributed by atoms with E-state index in [0.29, 0.717) is 11.1 Å². The van der Waals surface area contributed by atoms with Crippen LogP contribution in [-0.2, 0) is 64.2 Å². The molecule has 222 valence electrons. The van der Waals surface area contributed by atoms with E-state index in [2.05, 4.69) is 10.0 Å². The molecule has 1 aliphatic rings. The molecule has 0 amide bonds. The Morgan fingerprint density at radius 1 is 0.951 bits per heavy atom. The summed E-state index contributed by atoms with van der Waals surface area (Å²) in [6.45, 7) is 1.15. The number of azide groups is 1. The van der Waals surface area contributed by atoms with E-state index in [0.717, 1.165) is 13.8 Å². The summed E-state index contributed by atoms with van der Waals surface area (Å²) in [5.74, 6) is -1.69. The molecule has 3 unspecified atom stereocenters. The van der Waals surface area contributed by atoms with Gasteiger partial charge in [0.05, 0.1) is 19.8 Å². The molecule has 1 N–H and O–H groups in total. The van der Waals surface area contributed by atoms with Crippen LogP contribution in [0.3, 0.4) is 0 Å². The molecule has 6 atom stereocenters. The highest BCUT2D eigenvalue weighted by Crippen LogP contribution is 2.51.